The van der Waals surface area contributed by atoms with Gasteiger partial charge in [0.15, 0.2) is 5.69 Å². The van der Waals surface area contributed by atoms with Crippen LogP contribution in [-0.2, 0) is 15.7 Å². The van der Waals surface area contributed by atoms with Gasteiger partial charge in [-0.25, -0.2) is 14.8 Å². The molecule has 0 bridgehead atoms. The molecular formula is C17H24F3N5O4. The number of rotatable bonds is 7. The number of hydrogen-bond donors (Lipinski definition) is 4. The summed E-state index contributed by atoms with van der Waals surface area (Å²) in [5.41, 5.74) is 7.63. The van der Waals surface area contributed by atoms with Crippen molar-refractivity contribution >= 4 is 17.8 Å². The van der Waals surface area contributed by atoms with Gasteiger partial charge in [0.2, 0.25) is 5.95 Å². The first-order valence-corrected chi connectivity index (χ1v) is 9.15. The van der Waals surface area contributed by atoms with Gasteiger partial charge in [0, 0.05) is 12.2 Å². The van der Waals surface area contributed by atoms with Crippen molar-refractivity contribution in [3.8, 4) is 0 Å². The van der Waals surface area contributed by atoms with E-state index in [9.17, 15) is 27.9 Å². The topological polar surface area (TPSA) is 139 Å². The molecule has 9 nitrogen and oxygen atoms in total. The molecule has 2 rings (SSSR count). The Morgan fingerprint density at radius 3 is 2.59 bits per heavy atom. The Bertz CT molecular complexity index is 726. The number of hydrazine groups is 1. The van der Waals surface area contributed by atoms with Gasteiger partial charge in [-0.1, -0.05) is 32.1 Å². The molecule has 1 saturated carbocycles. The monoisotopic (exact) mass is 419 g/mol. The maximum atomic E-state index is 13.1. The third kappa shape index (κ3) is 6.26. The average Bonchev–Trinajstić information content (AvgIpc) is 2.70. The molecule has 1 heterocycles. The Hall–Kier alpha value is -2.47. The third-order valence-corrected chi connectivity index (χ3v) is 4.76. The second kappa shape index (κ2) is 9.83. The molecule has 1 aromatic rings. The molecule has 1 unspecified atom stereocenters. The number of hydrogen-bond acceptors (Lipinski definition) is 8. The van der Waals surface area contributed by atoms with Crippen molar-refractivity contribution in [3.63, 3.8) is 0 Å². The second-order valence-corrected chi connectivity index (χ2v) is 6.91. The number of alkyl halides is 3. The Labute approximate surface area is 165 Å². The van der Waals surface area contributed by atoms with Crippen LogP contribution >= 0.6 is 0 Å². The van der Waals surface area contributed by atoms with Gasteiger partial charge in [-0.15, -0.1) is 0 Å². The molecule has 162 valence electrons. The summed E-state index contributed by atoms with van der Waals surface area (Å²) in [7, 11) is 0.923. The number of ether oxygens (including phenoxy) is 1. The quantitative estimate of drug-likeness (QED) is 0.384. The predicted molar refractivity (Wildman–Crippen MR) is 95.3 cm³/mol. The summed E-state index contributed by atoms with van der Waals surface area (Å²) in [5.74, 6) is -2.47. The summed E-state index contributed by atoms with van der Waals surface area (Å²) < 4.78 is 43.6. The maximum Gasteiger partial charge on any atom is 0.434 e. The SMILES string of the molecule is COC(=O)c1cnc(NNC(=O)C(O)[C@H](N)CC2CCCCC2)nc1C(F)(F)F. The number of amides is 1. The molecule has 1 aliphatic rings. The van der Waals surface area contributed by atoms with E-state index in [1.165, 1.54) is 0 Å². The van der Waals surface area contributed by atoms with Crippen molar-refractivity contribution < 1.29 is 32.6 Å². The minimum atomic E-state index is -4.95. The fourth-order valence-corrected chi connectivity index (χ4v) is 3.24. The Kier molecular flexibility index (Phi) is 7.73. The lowest BCUT2D eigenvalue weighted by atomic mass is 9.84. The molecule has 1 amide bonds. The highest BCUT2D eigenvalue weighted by atomic mass is 19.4. The van der Waals surface area contributed by atoms with E-state index in [0.717, 1.165) is 39.2 Å². The number of nitrogens with two attached hydrogens (primary N) is 1. The van der Waals surface area contributed by atoms with E-state index >= 15 is 0 Å². The minimum Gasteiger partial charge on any atom is -0.465 e. The predicted octanol–water partition coefficient (Wildman–Crippen LogP) is 1.38. The first-order valence-electron chi connectivity index (χ1n) is 9.15. The zero-order valence-corrected chi connectivity index (χ0v) is 15.8. The van der Waals surface area contributed by atoms with E-state index < -0.39 is 47.4 Å². The maximum absolute atomic E-state index is 13.1. The molecule has 0 saturated heterocycles. The van der Waals surface area contributed by atoms with Crippen molar-refractivity contribution in [1.29, 1.82) is 0 Å². The third-order valence-electron chi connectivity index (χ3n) is 4.76. The van der Waals surface area contributed by atoms with E-state index in [0.29, 0.717) is 18.5 Å². The summed E-state index contributed by atoms with van der Waals surface area (Å²) in [6.45, 7) is 0. The average molecular weight is 419 g/mol. The van der Waals surface area contributed by atoms with Crippen molar-refractivity contribution in [3.05, 3.63) is 17.5 Å². The van der Waals surface area contributed by atoms with Crippen molar-refractivity contribution in [2.75, 3.05) is 12.5 Å². The summed E-state index contributed by atoms with van der Waals surface area (Å²) >= 11 is 0. The molecule has 0 aliphatic heterocycles. The second-order valence-electron chi connectivity index (χ2n) is 6.91. The number of esters is 1. The highest BCUT2D eigenvalue weighted by molar-refractivity contribution is 5.90. The molecule has 0 aromatic carbocycles. The number of carbonyl (C=O) groups excluding carboxylic acids is 2. The van der Waals surface area contributed by atoms with Crippen LogP contribution < -0.4 is 16.6 Å². The van der Waals surface area contributed by atoms with Gasteiger partial charge < -0.3 is 15.6 Å². The van der Waals surface area contributed by atoms with Crippen LogP contribution in [0.3, 0.4) is 0 Å². The van der Waals surface area contributed by atoms with Crippen LogP contribution in [-0.4, -0.2) is 46.2 Å². The number of nitrogens with zero attached hydrogens (tertiary/aromatic N) is 2. The number of nitrogens with one attached hydrogen (secondary N) is 2. The smallest absolute Gasteiger partial charge is 0.434 e. The van der Waals surface area contributed by atoms with Crippen LogP contribution in [0, 0.1) is 5.92 Å². The first kappa shape index (κ1) is 22.8. The molecule has 29 heavy (non-hydrogen) atoms. The van der Waals surface area contributed by atoms with Crippen LogP contribution in [0.4, 0.5) is 19.1 Å². The lowest BCUT2D eigenvalue weighted by molar-refractivity contribution is -0.141. The van der Waals surface area contributed by atoms with Gasteiger partial charge in [-0.2, -0.15) is 13.2 Å². The van der Waals surface area contributed by atoms with E-state index in [-0.39, 0.29) is 0 Å². The lowest BCUT2D eigenvalue weighted by Gasteiger charge is -2.26. The zero-order chi connectivity index (χ0) is 21.6. The van der Waals surface area contributed by atoms with E-state index in [4.69, 9.17) is 5.73 Å². The van der Waals surface area contributed by atoms with E-state index in [1.807, 2.05) is 5.43 Å². The number of aliphatic hydroxyl groups is 1. The van der Waals surface area contributed by atoms with Gasteiger partial charge in [0.25, 0.3) is 5.91 Å². The van der Waals surface area contributed by atoms with Gasteiger partial charge in [0.05, 0.1) is 7.11 Å². The van der Waals surface area contributed by atoms with Crippen LogP contribution in [0.15, 0.2) is 6.20 Å². The van der Waals surface area contributed by atoms with Crippen molar-refractivity contribution in [2.24, 2.45) is 11.7 Å². The number of carbonyl (C=O) groups is 2. The zero-order valence-electron chi connectivity index (χ0n) is 15.8. The van der Waals surface area contributed by atoms with Crippen LogP contribution in [0.2, 0.25) is 0 Å². The molecule has 1 aromatic heterocycles. The number of aliphatic hydroxyl groups excluding tert-OH is 1. The Balaban J connectivity index is 1.98. The van der Waals surface area contributed by atoms with E-state index in [2.05, 4.69) is 20.1 Å². The lowest BCUT2D eigenvalue weighted by Crippen LogP contribution is -2.49. The Morgan fingerprint density at radius 1 is 1.34 bits per heavy atom. The fraction of sp³-hybridized carbons (Fsp3) is 0.647. The van der Waals surface area contributed by atoms with Gasteiger partial charge in [-0.05, 0) is 12.3 Å². The molecule has 0 radical (unpaired) electrons. The van der Waals surface area contributed by atoms with Crippen LogP contribution in [0.1, 0.15) is 54.6 Å². The standard InChI is InChI=1S/C17H24F3N5O4/c1-29-15(28)10-8-22-16(23-13(10)17(18,19)20)25-24-14(27)12(26)11(21)7-9-5-3-2-4-6-9/h8-9,11-12,26H,2-7,21H2,1H3,(H,24,27)(H,22,23,25)/t11-,12?/m1/s1. The number of methoxy groups -OCH3 is 1. The van der Waals surface area contributed by atoms with Crippen LogP contribution in [0.5, 0.6) is 0 Å². The molecule has 0 spiro atoms. The normalized spacial score (nSPS) is 17.3. The van der Waals surface area contributed by atoms with Crippen molar-refractivity contribution in [2.45, 2.75) is 56.8 Å². The van der Waals surface area contributed by atoms with Gasteiger partial charge in [-0.3, -0.25) is 15.6 Å². The summed E-state index contributed by atoms with van der Waals surface area (Å²) in [6, 6.07) is -0.812. The van der Waals surface area contributed by atoms with Gasteiger partial charge in [0.1, 0.15) is 11.7 Å². The molecule has 2 atom stereocenters. The molecule has 1 fully saturated rings. The fourth-order valence-electron chi connectivity index (χ4n) is 3.24. The number of anilines is 1. The van der Waals surface area contributed by atoms with Crippen LogP contribution in [0.25, 0.3) is 0 Å². The Morgan fingerprint density at radius 2 is 2.00 bits per heavy atom. The number of aromatic nitrogens is 2. The molecule has 12 heteroatoms. The number of halogens is 3. The van der Waals surface area contributed by atoms with Gasteiger partial charge >= 0.3 is 12.1 Å². The van der Waals surface area contributed by atoms with Crippen molar-refractivity contribution in [1.82, 2.24) is 15.4 Å². The molecule has 5 N–H and O–H groups in total. The first-order chi connectivity index (χ1) is 13.6. The summed E-state index contributed by atoms with van der Waals surface area (Å²) in [4.78, 5) is 30.2. The molecular weight excluding hydrogens is 395 g/mol. The minimum absolute atomic E-state index is 0.331. The summed E-state index contributed by atoms with van der Waals surface area (Å²) in [5, 5.41) is 10.1. The largest absolute Gasteiger partial charge is 0.465 e. The molecule has 1 aliphatic carbocycles. The van der Waals surface area contributed by atoms with E-state index in [1.54, 1.807) is 0 Å². The summed E-state index contributed by atoms with van der Waals surface area (Å²) in [6.07, 6.45) is -0.105. The highest BCUT2D eigenvalue weighted by Crippen LogP contribution is 2.31. The highest BCUT2D eigenvalue weighted by Gasteiger charge is 2.38.